The Morgan fingerprint density at radius 2 is 2.25 bits per heavy atom. The molecule has 0 fully saturated rings. The van der Waals surface area contributed by atoms with Crippen LogP contribution in [0, 0.1) is 0 Å². The molecule has 2 N–H and O–H groups in total. The summed E-state index contributed by atoms with van der Waals surface area (Å²) in [6.07, 6.45) is 6.70. The molecule has 0 spiro atoms. The van der Waals surface area contributed by atoms with Crippen molar-refractivity contribution in [3.05, 3.63) is 36.8 Å². The number of nitrogen functional groups attached to an aromatic ring is 1. The second kappa shape index (κ2) is 3.30. The van der Waals surface area contributed by atoms with Crippen LogP contribution in [-0.2, 0) is 6.54 Å². The van der Waals surface area contributed by atoms with Crippen LogP contribution >= 0.6 is 0 Å². The third-order valence-electron chi connectivity index (χ3n) is 2.24. The van der Waals surface area contributed by atoms with E-state index in [2.05, 4.69) is 20.3 Å². The van der Waals surface area contributed by atoms with E-state index < -0.39 is 0 Å². The molecule has 0 bridgehead atoms. The molecule has 0 aliphatic carbocycles. The topological polar surface area (TPSA) is 86.9 Å². The van der Waals surface area contributed by atoms with Gasteiger partial charge < -0.3 is 5.73 Å². The third kappa shape index (κ3) is 1.38. The van der Waals surface area contributed by atoms with Gasteiger partial charge in [-0.3, -0.25) is 9.08 Å². The maximum atomic E-state index is 5.58. The fraction of sp³-hybridized carbons (Fsp3) is 0.111. The Morgan fingerprint density at radius 3 is 3.06 bits per heavy atom. The number of rotatable bonds is 2. The summed E-state index contributed by atoms with van der Waals surface area (Å²) in [5.41, 5.74) is 6.98. The van der Waals surface area contributed by atoms with Gasteiger partial charge in [-0.05, 0) is 0 Å². The van der Waals surface area contributed by atoms with E-state index in [1.54, 1.807) is 35.7 Å². The molecular weight excluding hydrogens is 206 g/mol. The summed E-state index contributed by atoms with van der Waals surface area (Å²) in [4.78, 5) is 4.02. The quantitative estimate of drug-likeness (QED) is 0.647. The molecule has 0 atom stereocenters. The number of aromatic nitrogens is 6. The Labute approximate surface area is 90.5 Å². The molecule has 0 aliphatic heterocycles. The number of anilines is 1. The van der Waals surface area contributed by atoms with E-state index in [9.17, 15) is 0 Å². The first-order valence-electron chi connectivity index (χ1n) is 4.74. The van der Waals surface area contributed by atoms with Crippen LogP contribution in [0.3, 0.4) is 0 Å². The molecule has 0 unspecified atom stereocenters. The summed E-state index contributed by atoms with van der Waals surface area (Å²) < 4.78 is 3.52. The van der Waals surface area contributed by atoms with Crippen molar-refractivity contribution in [2.75, 3.05) is 5.73 Å². The van der Waals surface area contributed by atoms with E-state index >= 15 is 0 Å². The first-order chi connectivity index (χ1) is 7.83. The SMILES string of the molecule is Nc1cnn(Cc2nnc3ccncn23)c1. The standard InChI is InChI=1S/C9H9N7/c10-7-3-12-15(4-7)5-9-14-13-8-1-2-11-6-16(8)9/h1-4,6H,5,10H2. The van der Waals surface area contributed by atoms with Crippen LogP contribution in [0.15, 0.2) is 31.0 Å². The molecule has 0 radical (unpaired) electrons. The van der Waals surface area contributed by atoms with Crippen LogP contribution in [-0.4, -0.2) is 29.4 Å². The molecule has 0 saturated heterocycles. The normalized spacial score (nSPS) is 11.0. The highest BCUT2D eigenvalue weighted by Gasteiger charge is 2.05. The number of hydrogen-bond acceptors (Lipinski definition) is 5. The Kier molecular flexibility index (Phi) is 1.82. The summed E-state index contributed by atoms with van der Waals surface area (Å²) in [6.45, 7) is 0.518. The molecule has 3 aromatic heterocycles. The highest BCUT2D eigenvalue weighted by atomic mass is 15.3. The van der Waals surface area contributed by atoms with E-state index in [-0.39, 0.29) is 0 Å². The molecule has 7 nitrogen and oxygen atoms in total. The third-order valence-corrected chi connectivity index (χ3v) is 2.24. The van der Waals surface area contributed by atoms with Crippen LogP contribution in [0.5, 0.6) is 0 Å². The zero-order valence-electron chi connectivity index (χ0n) is 8.35. The minimum Gasteiger partial charge on any atom is -0.396 e. The number of hydrogen-bond donors (Lipinski definition) is 1. The second-order valence-electron chi connectivity index (χ2n) is 3.40. The number of nitrogens with zero attached hydrogens (tertiary/aromatic N) is 6. The van der Waals surface area contributed by atoms with Crippen molar-refractivity contribution < 1.29 is 0 Å². The zero-order chi connectivity index (χ0) is 11.0. The van der Waals surface area contributed by atoms with E-state index in [0.717, 1.165) is 11.5 Å². The van der Waals surface area contributed by atoms with Crippen molar-refractivity contribution in [3.63, 3.8) is 0 Å². The zero-order valence-corrected chi connectivity index (χ0v) is 8.35. The van der Waals surface area contributed by atoms with E-state index in [1.165, 1.54) is 0 Å². The van der Waals surface area contributed by atoms with Gasteiger partial charge >= 0.3 is 0 Å². The molecular formula is C9H9N7. The van der Waals surface area contributed by atoms with Crippen LogP contribution in [0.2, 0.25) is 0 Å². The second-order valence-corrected chi connectivity index (χ2v) is 3.40. The largest absolute Gasteiger partial charge is 0.396 e. The smallest absolute Gasteiger partial charge is 0.163 e. The fourth-order valence-electron chi connectivity index (χ4n) is 1.51. The Balaban J connectivity index is 2.00. The predicted octanol–water partition coefficient (Wildman–Crippen LogP) is -0.0487. The van der Waals surface area contributed by atoms with Gasteiger partial charge in [0.15, 0.2) is 11.5 Å². The molecule has 0 saturated carbocycles. The minimum atomic E-state index is 0.518. The molecule has 16 heavy (non-hydrogen) atoms. The van der Waals surface area contributed by atoms with Crippen molar-refractivity contribution in [1.29, 1.82) is 0 Å². The van der Waals surface area contributed by atoms with Gasteiger partial charge in [-0.1, -0.05) is 0 Å². The van der Waals surface area contributed by atoms with Crippen molar-refractivity contribution >= 4 is 11.3 Å². The first kappa shape index (κ1) is 8.84. The molecule has 3 aromatic rings. The Hall–Kier alpha value is -2.44. The maximum absolute atomic E-state index is 5.58. The van der Waals surface area contributed by atoms with Crippen molar-refractivity contribution in [2.45, 2.75) is 6.54 Å². The van der Waals surface area contributed by atoms with Gasteiger partial charge in [0.05, 0.1) is 11.9 Å². The van der Waals surface area contributed by atoms with Gasteiger partial charge in [0.25, 0.3) is 0 Å². The first-order valence-corrected chi connectivity index (χ1v) is 4.74. The van der Waals surface area contributed by atoms with Crippen LogP contribution in [0.4, 0.5) is 5.69 Å². The summed E-state index contributed by atoms with van der Waals surface area (Å²) >= 11 is 0. The van der Waals surface area contributed by atoms with Crippen molar-refractivity contribution in [2.24, 2.45) is 0 Å². The average Bonchev–Trinajstić information content (AvgIpc) is 2.87. The minimum absolute atomic E-state index is 0.518. The van der Waals surface area contributed by atoms with E-state index in [0.29, 0.717) is 12.2 Å². The van der Waals surface area contributed by atoms with Gasteiger partial charge in [0.2, 0.25) is 0 Å². The maximum Gasteiger partial charge on any atom is 0.163 e. The lowest BCUT2D eigenvalue weighted by atomic mass is 10.5. The van der Waals surface area contributed by atoms with Gasteiger partial charge in [0, 0.05) is 18.5 Å². The summed E-state index contributed by atoms with van der Waals surface area (Å²) in [5, 5.41) is 12.2. The monoisotopic (exact) mass is 215 g/mol. The lowest BCUT2D eigenvalue weighted by molar-refractivity contribution is 0.648. The Bertz CT molecular complexity index is 623. The highest BCUT2D eigenvalue weighted by Crippen LogP contribution is 2.04. The van der Waals surface area contributed by atoms with Crippen LogP contribution < -0.4 is 5.73 Å². The molecule has 0 aromatic carbocycles. The molecule has 80 valence electrons. The van der Waals surface area contributed by atoms with Gasteiger partial charge in [-0.2, -0.15) is 5.10 Å². The number of nitrogens with two attached hydrogens (primary N) is 1. The van der Waals surface area contributed by atoms with Gasteiger partial charge in [-0.25, -0.2) is 4.98 Å². The summed E-state index contributed by atoms with van der Waals surface area (Å²) in [5.74, 6) is 0.770. The predicted molar refractivity (Wildman–Crippen MR) is 56.5 cm³/mol. The van der Waals surface area contributed by atoms with Gasteiger partial charge in [-0.15, -0.1) is 10.2 Å². The van der Waals surface area contributed by atoms with E-state index in [1.807, 2.05) is 4.40 Å². The molecule has 7 heteroatoms. The van der Waals surface area contributed by atoms with Crippen molar-refractivity contribution in [1.82, 2.24) is 29.4 Å². The lowest BCUT2D eigenvalue weighted by Crippen LogP contribution is -2.04. The average molecular weight is 215 g/mol. The van der Waals surface area contributed by atoms with Crippen LogP contribution in [0.1, 0.15) is 5.82 Å². The fourth-order valence-corrected chi connectivity index (χ4v) is 1.51. The number of fused-ring (bicyclic) bond motifs is 1. The summed E-state index contributed by atoms with van der Waals surface area (Å²) in [6, 6.07) is 1.80. The lowest BCUT2D eigenvalue weighted by Gasteiger charge is -1.98. The van der Waals surface area contributed by atoms with Gasteiger partial charge in [0.1, 0.15) is 12.9 Å². The molecule has 0 aliphatic rings. The molecule has 3 rings (SSSR count). The Morgan fingerprint density at radius 1 is 1.31 bits per heavy atom. The summed E-state index contributed by atoms with van der Waals surface area (Å²) in [7, 11) is 0. The molecule has 0 amide bonds. The molecule has 3 heterocycles. The van der Waals surface area contributed by atoms with Crippen molar-refractivity contribution in [3.8, 4) is 0 Å². The van der Waals surface area contributed by atoms with Crippen LogP contribution in [0.25, 0.3) is 5.65 Å². The highest BCUT2D eigenvalue weighted by molar-refractivity contribution is 5.35. The van der Waals surface area contributed by atoms with E-state index in [4.69, 9.17) is 5.73 Å².